The lowest BCUT2D eigenvalue weighted by atomic mass is 10.2. The molecule has 0 aromatic heterocycles. The van der Waals surface area contributed by atoms with E-state index in [2.05, 4.69) is 0 Å². The maximum Gasteiger partial charge on any atom is 0.422 e. The highest BCUT2D eigenvalue weighted by Gasteiger charge is 2.41. The minimum Gasteiger partial charge on any atom is -0.480 e. The molecule has 1 aromatic rings. The Hall–Kier alpha value is -1.99. The van der Waals surface area contributed by atoms with Crippen molar-refractivity contribution in [3.05, 3.63) is 24.3 Å². The Morgan fingerprint density at radius 2 is 1.80 bits per heavy atom. The molecule has 0 bridgehead atoms. The van der Waals surface area contributed by atoms with E-state index >= 15 is 0 Å². The molecular formula is C16H18Cl2N2O5. The quantitative estimate of drug-likeness (QED) is 0.722. The van der Waals surface area contributed by atoms with Gasteiger partial charge in [0.15, 0.2) is 0 Å². The zero-order valence-corrected chi connectivity index (χ0v) is 14.9. The van der Waals surface area contributed by atoms with Gasteiger partial charge in [-0.25, -0.2) is 14.5 Å². The molecule has 1 saturated heterocycles. The molecule has 2 amide bonds. The van der Waals surface area contributed by atoms with Gasteiger partial charge >= 0.3 is 12.1 Å². The number of alkyl halides is 2. The molecule has 1 aromatic carbocycles. The Balaban J connectivity index is 2.06. The summed E-state index contributed by atoms with van der Waals surface area (Å²) < 4.78 is 5.14. The zero-order valence-electron chi connectivity index (χ0n) is 13.4. The van der Waals surface area contributed by atoms with Crippen molar-refractivity contribution >= 4 is 46.9 Å². The number of aliphatic carboxylic acids is 1. The number of anilines is 1. The largest absolute Gasteiger partial charge is 0.480 e. The summed E-state index contributed by atoms with van der Waals surface area (Å²) in [6.07, 6.45) is -0.883. The van der Waals surface area contributed by atoms with Crippen molar-refractivity contribution in [1.29, 1.82) is 0 Å². The number of hydrogen-bond donors (Lipinski definition) is 1. The smallest absolute Gasteiger partial charge is 0.422 e. The predicted octanol–water partition coefficient (Wildman–Crippen LogP) is 2.55. The van der Waals surface area contributed by atoms with Crippen LogP contribution < -0.4 is 9.64 Å². The Morgan fingerprint density at radius 3 is 2.32 bits per heavy atom. The second-order valence-electron chi connectivity index (χ2n) is 5.38. The average Bonchev–Trinajstić information content (AvgIpc) is 2.97. The van der Waals surface area contributed by atoms with Gasteiger partial charge in [0, 0.05) is 37.0 Å². The van der Waals surface area contributed by atoms with Crippen LogP contribution in [-0.4, -0.2) is 58.9 Å². The lowest BCUT2D eigenvalue weighted by molar-refractivity contribution is -0.144. The van der Waals surface area contributed by atoms with E-state index in [0.29, 0.717) is 29.7 Å². The first-order valence-electron chi connectivity index (χ1n) is 7.71. The summed E-state index contributed by atoms with van der Waals surface area (Å²) in [4.78, 5) is 37.6. The second-order valence-corrected chi connectivity index (χ2v) is 6.14. The topological polar surface area (TPSA) is 87.2 Å². The molecule has 0 radical (unpaired) electrons. The molecule has 25 heavy (non-hydrogen) atoms. The summed E-state index contributed by atoms with van der Waals surface area (Å²) >= 11 is 11.5. The first kappa shape index (κ1) is 19.3. The lowest BCUT2D eigenvalue weighted by Crippen LogP contribution is -2.44. The number of hydrogen-bond acceptors (Lipinski definition) is 5. The van der Waals surface area contributed by atoms with Crippen LogP contribution in [0.2, 0.25) is 0 Å². The number of carbonyl (C=O) groups excluding carboxylic acids is 2. The van der Waals surface area contributed by atoms with Gasteiger partial charge in [0.1, 0.15) is 11.8 Å². The minimum atomic E-state index is -1.23. The van der Waals surface area contributed by atoms with Gasteiger partial charge in [-0.1, -0.05) is 0 Å². The highest BCUT2D eigenvalue weighted by Crippen LogP contribution is 2.23. The van der Waals surface area contributed by atoms with Crippen molar-refractivity contribution in [3.63, 3.8) is 0 Å². The number of amides is 2. The number of benzene rings is 1. The first-order valence-corrected chi connectivity index (χ1v) is 8.78. The van der Waals surface area contributed by atoms with E-state index in [1.54, 1.807) is 24.3 Å². The average molecular weight is 389 g/mol. The summed E-state index contributed by atoms with van der Waals surface area (Å²) in [5, 5.41) is 9.09. The number of carboxylic acid groups (broad SMARTS) is 1. The SMILES string of the molecule is O=C(O)C1CCC(=O)N1C(=O)Oc1ccc(N(CCCl)CCCl)cc1. The highest BCUT2D eigenvalue weighted by atomic mass is 35.5. The van der Waals surface area contributed by atoms with Crippen molar-refractivity contribution in [2.45, 2.75) is 18.9 Å². The fraction of sp³-hybridized carbons (Fsp3) is 0.438. The molecule has 1 aliphatic heterocycles. The Morgan fingerprint density at radius 1 is 1.20 bits per heavy atom. The van der Waals surface area contributed by atoms with E-state index in [4.69, 9.17) is 33.0 Å². The normalized spacial score (nSPS) is 16.8. The van der Waals surface area contributed by atoms with Crippen LogP contribution >= 0.6 is 23.2 Å². The number of ether oxygens (including phenoxy) is 1. The molecule has 136 valence electrons. The van der Waals surface area contributed by atoms with Gasteiger partial charge in [0.25, 0.3) is 0 Å². The van der Waals surface area contributed by atoms with Gasteiger partial charge in [-0.05, 0) is 30.7 Å². The van der Waals surface area contributed by atoms with Gasteiger partial charge in [-0.15, -0.1) is 23.2 Å². The fourth-order valence-corrected chi connectivity index (χ4v) is 3.00. The van der Waals surface area contributed by atoms with E-state index < -0.39 is 24.0 Å². The molecule has 1 aliphatic rings. The molecule has 7 nitrogen and oxygen atoms in total. The Bertz CT molecular complexity index is 632. The number of halogens is 2. The number of rotatable bonds is 7. The third-order valence-electron chi connectivity index (χ3n) is 3.81. The fourth-order valence-electron chi connectivity index (χ4n) is 2.60. The van der Waals surface area contributed by atoms with Crippen LogP contribution in [0.1, 0.15) is 12.8 Å². The van der Waals surface area contributed by atoms with E-state index in [1.807, 2.05) is 4.90 Å². The summed E-state index contributed by atoms with van der Waals surface area (Å²) in [6, 6.07) is 5.43. The summed E-state index contributed by atoms with van der Waals surface area (Å²) in [5.74, 6) is -0.669. The number of nitrogens with zero attached hydrogens (tertiary/aromatic N) is 2. The molecular weight excluding hydrogens is 371 g/mol. The van der Waals surface area contributed by atoms with Crippen LogP contribution in [0, 0.1) is 0 Å². The maximum absolute atomic E-state index is 12.1. The van der Waals surface area contributed by atoms with Gasteiger partial charge < -0.3 is 14.7 Å². The van der Waals surface area contributed by atoms with E-state index in [9.17, 15) is 14.4 Å². The van der Waals surface area contributed by atoms with E-state index in [1.165, 1.54) is 0 Å². The summed E-state index contributed by atoms with van der Waals surface area (Å²) in [5.41, 5.74) is 0.863. The minimum absolute atomic E-state index is 0.0107. The van der Waals surface area contributed by atoms with E-state index in [0.717, 1.165) is 5.69 Å². The predicted molar refractivity (Wildman–Crippen MR) is 93.6 cm³/mol. The standard InChI is InChI=1S/C16H18Cl2N2O5/c17-7-9-19(10-8-18)11-1-3-12(4-2-11)25-16(24)20-13(15(22)23)5-6-14(20)21/h1-4,13H,5-10H2,(H,22,23). The summed E-state index contributed by atoms with van der Waals surface area (Å²) in [7, 11) is 0. The third kappa shape index (κ3) is 4.76. The monoisotopic (exact) mass is 388 g/mol. The molecule has 0 aliphatic carbocycles. The first-order chi connectivity index (χ1) is 12.0. The van der Waals surface area contributed by atoms with Crippen molar-refractivity contribution < 1.29 is 24.2 Å². The molecule has 9 heteroatoms. The van der Waals surface area contributed by atoms with Crippen molar-refractivity contribution in [1.82, 2.24) is 4.90 Å². The lowest BCUT2D eigenvalue weighted by Gasteiger charge is -2.23. The van der Waals surface area contributed by atoms with Crippen LogP contribution in [0.15, 0.2) is 24.3 Å². The highest BCUT2D eigenvalue weighted by molar-refractivity contribution is 6.18. The third-order valence-corrected chi connectivity index (χ3v) is 4.15. The van der Waals surface area contributed by atoms with Gasteiger partial charge in [-0.2, -0.15) is 0 Å². The number of carboxylic acids is 1. The second kappa shape index (κ2) is 8.92. The molecule has 0 saturated carbocycles. The van der Waals surface area contributed by atoms with Gasteiger partial charge in [0.05, 0.1) is 0 Å². The maximum atomic E-state index is 12.1. The zero-order chi connectivity index (χ0) is 18.4. The Labute approximate surface area is 155 Å². The molecule has 2 rings (SSSR count). The molecule has 1 heterocycles. The molecule has 1 atom stereocenters. The van der Waals surface area contributed by atoms with Crippen LogP contribution in [0.25, 0.3) is 0 Å². The van der Waals surface area contributed by atoms with Crippen LogP contribution in [0.4, 0.5) is 10.5 Å². The molecule has 1 fully saturated rings. The number of imide groups is 1. The number of carbonyl (C=O) groups is 3. The van der Waals surface area contributed by atoms with Crippen molar-refractivity contribution in [2.24, 2.45) is 0 Å². The van der Waals surface area contributed by atoms with Gasteiger partial charge in [-0.3, -0.25) is 4.79 Å². The van der Waals surface area contributed by atoms with Crippen molar-refractivity contribution in [2.75, 3.05) is 29.7 Å². The van der Waals surface area contributed by atoms with Crippen LogP contribution in [0.5, 0.6) is 5.75 Å². The molecule has 1 N–H and O–H groups in total. The number of likely N-dealkylation sites (tertiary alicyclic amines) is 1. The van der Waals surface area contributed by atoms with Crippen LogP contribution in [-0.2, 0) is 9.59 Å². The van der Waals surface area contributed by atoms with Crippen molar-refractivity contribution in [3.8, 4) is 5.75 Å². The van der Waals surface area contributed by atoms with Crippen LogP contribution in [0.3, 0.4) is 0 Å². The molecule has 1 unspecified atom stereocenters. The summed E-state index contributed by atoms with van der Waals surface area (Å²) in [6.45, 7) is 1.24. The van der Waals surface area contributed by atoms with Gasteiger partial charge in [0.2, 0.25) is 5.91 Å². The molecule has 0 spiro atoms. The van der Waals surface area contributed by atoms with E-state index in [-0.39, 0.29) is 18.6 Å². The Kier molecular flexibility index (Phi) is 6.90.